The van der Waals surface area contributed by atoms with Crippen LogP contribution < -0.4 is 16.1 Å². The Labute approximate surface area is 175 Å². The van der Waals surface area contributed by atoms with Gasteiger partial charge in [-0.05, 0) is 22.3 Å². The second-order valence-corrected chi connectivity index (χ2v) is 12.1. The first-order valence-electron chi connectivity index (χ1n) is 8.38. The summed E-state index contributed by atoms with van der Waals surface area (Å²) in [5.41, 5.74) is 5.41. The third kappa shape index (κ3) is 5.04. The van der Waals surface area contributed by atoms with E-state index in [0.717, 1.165) is 0 Å². The number of hydrogen-bond donors (Lipinski definition) is 2. The Kier molecular flexibility index (Phi) is 8.09. The van der Waals surface area contributed by atoms with Crippen LogP contribution in [0.4, 0.5) is 0 Å². The van der Waals surface area contributed by atoms with Crippen molar-refractivity contribution in [1.82, 2.24) is 0 Å². The summed E-state index contributed by atoms with van der Waals surface area (Å²) in [6.07, 6.45) is 0. The van der Waals surface area contributed by atoms with Gasteiger partial charge in [0.15, 0.2) is 0 Å². The molecule has 5 heteroatoms. The molecule has 0 aliphatic heterocycles. The standard InChI is InChI=1S/C20H29NO2Si.Na.H/c1-19(2,3)24(17-11-7-5-8-12-17,18-13-9-6-10-14-18)23-16-20(4,21)15-22;;/h5-14,22H,15-16,21H2,1-4H3;;. The quantitative estimate of drug-likeness (QED) is 0.763. The van der Waals surface area contributed by atoms with Crippen LogP contribution in [-0.4, -0.2) is 61.7 Å². The molecule has 0 aliphatic rings. The molecular formula is C20H30NNaO2Si. The fourth-order valence-corrected chi connectivity index (χ4v) is 7.78. The second-order valence-electron chi connectivity index (χ2n) is 7.76. The average molecular weight is 368 g/mol. The van der Waals surface area contributed by atoms with Crippen molar-refractivity contribution in [3.63, 3.8) is 0 Å². The van der Waals surface area contributed by atoms with E-state index in [1.807, 2.05) is 19.1 Å². The first-order valence-corrected chi connectivity index (χ1v) is 10.3. The zero-order valence-electron chi connectivity index (χ0n) is 15.1. The van der Waals surface area contributed by atoms with E-state index in [9.17, 15) is 5.11 Å². The van der Waals surface area contributed by atoms with Gasteiger partial charge in [-0.15, -0.1) is 0 Å². The van der Waals surface area contributed by atoms with E-state index in [2.05, 4.69) is 69.3 Å². The summed E-state index contributed by atoms with van der Waals surface area (Å²) >= 11 is 0. The van der Waals surface area contributed by atoms with Gasteiger partial charge in [-0.2, -0.15) is 0 Å². The molecule has 0 aliphatic carbocycles. The zero-order chi connectivity index (χ0) is 17.8. The van der Waals surface area contributed by atoms with Crippen molar-refractivity contribution < 1.29 is 9.53 Å². The number of hydrogen-bond acceptors (Lipinski definition) is 3. The molecule has 1 atom stereocenters. The molecule has 0 bridgehead atoms. The molecule has 2 aromatic rings. The predicted octanol–water partition coefficient (Wildman–Crippen LogP) is 1.62. The van der Waals surface area contributed by atoms with Crippen LogP contribution in [0.3, 0.4) is 0 Å². The van der Waals surface area contributed by atoms with E-state index in [0.29, 0.717) is 6.61 Å². The van der Waals surface area contributed by atoms with Crippen LogP contribution in [0.15, 0.2) is 60.7 Å². The monoisotopic (exact) mass is 367 g/mol. The van der Waals surface area contributed by atoms with Gasteiger partial charge in [-0.25, -0.2) is 0 Å². The van der Waals surface area contributed by atoms with Gasteiger partial charge in [0.1, 0.15) is 0 Å². The molecule has 132 valence electrons. The van der Waals surface area contributed by atoms with Crippen LogP contribution in [0.1, 0.15) is 27.7 Å². The second kappa shape index (κ2) is 8.96. The fourth-order valence-electron chi connectivity index (χ4n) is 3.08. The molecule has 0 radical (unpaired) electrons. The zero-order valence-corrected chi connectivity index (χ0v) is 16.1. The molecule has 1 unspecified atom stereocenters. The molecular weight excluding hydrogens is 337 g/mol. The minimum absolute atomic E-state index is 0. The van der Waals surface area contributed by atoms with Gasteiger partial charge in [0, 0.05) is 0 Å². The van der Waals surface area contributed by atoms with E-state index < -0.39 is 13.9 Å². The molecule has 2 rings (SSSR count). The van der Waals surface area contributed by atoms with Crippen LogP contribution in [0.5, 0.6) is 0 Å². The number of aliphatic hydroxyl groups is 1. The van der Waals surface area contributed by atoms with E-state index in [-0.39, 0.29) is 41.2 Å². The van der Waals surface area contributed by atoms with Crippen molar-refractivity contribution >= 4 is 48.2 Å². The van der Waals surface area contributed by atoms with Crippen molar-refractivity contribution in [3.05, 3.63) is 60.7 Å². The van der Waals surface area contributed by atoms with Gasteiger partial charge >= 0.3 is 29.6 Å². The summed E-state index contributed by atoms with van der Waals surface area (Å²) in [5, 5.41) is 11.9. The number of aliphatic hydroxyl groups excluding tert-OH is 1. The maximum atomic E-state index is 9.55. The van der Waals surface area contributed by atoms with E-state index in [1.165, 1.54) is 10.4 Å². The Morgan fingerprint density at radius 3 is 1.60 bits per heavy atom. The summed E-state index contributed by atoms with van der Waals surface area (Å²) in [6.45, 7) is 8.72. The summed E-state index contributed by atoms with van der Waals surface area (Å²) in [4.78, 5) is 0. The van der Waals surface area contributed by atoms with E-state index in [4.69, 9.17) is 10.2 Å². The molecule has 0 fully saturated rings. The third-order valence-corrected chi connectivity index (χ3v) is 9.38. The van der Waals surface area contributed by atoms with Gasteiger partial charge in [0.2, 0.25) is 0 Å². The summed E-state index contributed by atoms with van der Waals surface area (Å²) < 4.78 is 6.68. The summed E-state index contributed by atoms with van der Waals surface area (Å²) in [6, 6.07) is 20.9. The van der Waals surface area contributed by atoms with Crippen molar-refractivity contribution in [2.45, 2.75) is 38.3 Å². The SMILES string of the molecule is CC(N)(CO)CO[Si](c1ccccc1)(c1ccccc1)C(C)(C)C.[NaH]. The maximum absolute atomic E-state index is 9.55. The van der Waals surface area contributed by atoms with Gasteiger partial charge < -0.3 is 15.3 Å². The molecule has 0 heterocycles. The van der Waals surface area contributed by atoms with Gasteiger partial charge in [0.25, 0.3) is 8.32 Å². The Hall–Kier alpha value is -0.463. The Morgan fingerprint density at radius 2 is 1.28 bits per heavy atom. The van der Waals surface area contributed by atoms with Crippen LogP contribution in [0, 0.1) is 0 Å². The van der Waals surface area contributed by atoms with Gasteiger partial charge in [-0.1, -0.05) is 81.4 Å². The van der Waals surface area contributed by atoms with Crippen molar-refractivity contribution in [1.29, 1.82) is 0 Å². The Morgan fingerprint density at radius 1 is 0.880 bits per heavy atom. The Balaban J connectivity index is 0.00000312. The average Bonchev–Trinajstić information content (AvgIpc) is 2.56. The third-order valence-electron chi connectivity index (χ3n) is 4.40. The summed E-state index contributed by atoms with van der Waals surface area (Å²) in [7, 11) is -2.57. The fraction of sp³-hybridized carbons (Fsp3) is 0.400. The predicted molar refractivity (Wildman–Crippen MR) is 110 cm³/mol. The van der Waals surface area contributed by atoms with E-state index >= 15 is 0 Å². The molecule has 3 nitrogen and oxygen atoms in total. The van der Waals surface area contributed by atoms with Crippen LogP contribution in [0.2, 0.25) is 5.04 Å². The first kappa shape index (κ1) is 22.6. The van der Waals surface area contributed by atoms with Crippen LogP contribution >= 0.6 is 0 Å². The molecule has 25 heavy (non-hydrogen) atoms. The normalized spacial score (nSPS) is 14.5. The van der Waals surface area contributed by atoms with Crippen LogP contribution in [0.25, 0.3) is 0 Å². The molecule has 0 saturated heterocycles. The van der Waals surface area contributed by atoms with Crippen molar-refractivity contribution in [3.8, 4) is 0 Å². The minimum atomic E-state index is -2.57. The van der Waals surface area contributed by atoms with E-state index in [1.54, 1.807) is 0 Å². The topological polar surface area (TPSA) is 55.5 Å². The Bertz CT molecular complexity index is 602. The van der Waals surface area contributed by atoms with Gasteiger partial charge in [-0.3, -0.25) is 0 Å². The first-order chi connectivity index (χ1) is 11.2. The molecule has 3 N–H and O–H groups in total. The molecule has 2 aromatic carbocycles. The van der Waals surface area contributed by atoms with Crippen LogP contribution in [-0.2, 0) is 4.43 Å². The summed E-state index contributed by atoms with van der Waals surface area (Å²) in [5.74, 6) is 0. The van der Waals surface area contributed by atoms with Crippen molar-refractivity contribution in [2.75, 3.05) is 13.2 Å². The molecule has 0 spiro atoms. The molecule has 0 aromatic heterocycles. The number of benzene rings is 2. The number of rotatable bonds is 6. The molecule has 0 saturated carbocycles. The molecule has 0 amide bonds. The van der Waals surface area contributed by atoms with Crippen molar-refractivity contribution in [2.24, 2.45) is 5.73 Å². The van der Waals surface area contributed by atoms with Gasteiger partial charge in [0.05, 0.1) is 18.8 Å². The number of nitrogens with two attached hydrogens (primary N) is 1.